The average molecular weight is 197 g/mol. The molecule has 3 N–H and O–H groups in total. The Kier molecular flexibility index (Phi) is 2.90. The van der Waals surface area contributed by atoms with Crippen molar-refractivity contribution in [2.45, 2.75) is 32.7 Å². The largest absolute Gasteiger partial charge is 0.360 e. The van der Waals surface area contributed by atoms with E-state index in [9.17, 15) is 4.79 Å². The molecule has 1 amide bonds. The number of hydrogen-bond donors (Lipinski definition) is 2. The second kappa shape index (κ2) is 3.79. The monoisotopic (exact) mass is 197 g/mol. The number of nitrogens with zero attached hydrogens (tertiary/aromatic N) is 1. The van der Waals surface area contributed by atoms with Gasteiger partial charge in [0.1, 0.15) is 5.76 Å². The van der Waals surface area contributed by atoms with Gasteiger partial charge in [0, 0.05) is 18.0 Å². The van der Waals surface area contributed by atoms with E-state index in [1.54, 1.807) is 26.8 Å². The fraction of sp³-hybridized carbons (Fsp3) is 0.556. The van der Waals surface area contributed by atoms with Crippen molar-refractivity contribution in [3.63, 3.8) is 0 Å². The molecule has 1 aromatic rings. The third-order valence-electron chi connectivity index (χ3n) is 1.51. The maximum atomic E-state index is 11.4. The van der Waals surface area contributed by atoms with Gasteiger partial charge in [-0.2, -0.15) is 0 Å². The zero-order valence-corrected chi connectivity index (χ0v) is 8.63. The molecular formula is C9H15N3O2. The lowest BCUT2D eigenvalue weighted by Crippen LogP contribution is -2.36. The fourth-order valence-electron chi connectivity index (χ4n) is 1.03. The Morgan fingerprint density at radius 1 is 1.71 bits per heavy atom. The third-order valence-corrected chi connectivity index (χ3v) is 1.51. The first-order valence-electron chi connectivity index (χ1n) is 4.39. The van der Waals surface area contributed by atoms with Crippen molar-refractivity contribution >= 4 is 11.7 Å². The van der Waals surface area contributed by atoms with E-state index in [0.717, 1.165) is 0 Å². The molecule has 1 rings (SSSR count). The molecule has 0 aliphatic heterocycles. The molecule has 0 fully saturated rings. The molecule has 0 saturated carbocycles. The van der Waals surface area contributed by atoms with Gasteiger partial charge in [0.15, 0.2) is 5.82 Å². The minimum atomic E-state index is -0.511. The maximum Gasteiger partial charge on any atom is 0.227 e. The smallest absolute Gasteiger partial charge is 0.227 e. The van der Waals surface area contributed by atoms with E-state index in [0.29, 0.717) is 11.6 Å². The van der Waals surface area contributed by atoms with Gasteiger partial charge in [0.05, 0.1) is 0 Å². The molecule has 78 valence electrons. The van der Waals surface area contributed by atoms with Crippen LogP contribution in [0.1, 0.15) is 26.0 Å². The van der Waals surface area contributed by atoms with Crippen molar-refractivity contribution in [1.82, 2.24) is 5.16 Å². The number of hydrogen-bond acceptors (Lipinski definition) is 4. The molecule has 0 atom stereocenters. The van der Waals surface area contributed by atoms with Gasteiger partial charge in [-0.1, -0.05) is 5.16 Å². The summed E-state index contributed by atoms with van der Waals surface area (Å²) < 4.78 is 4.80. The lowest BCUT2D eigenvalue weighted by molar-refractivity contribution is -0.117. The van der Waals surface area contributed by atoms with Gasteiger partial charge in [-0.05, 0) is 20.8 Å². The molecule has 0 spiro atoms. The van der Waals surface area contributed by atoms with Crippen LogP contribution in [-0.4, -0.2) is 16.6 Å². The SMILES string of the molecule is Cc1cc(NC(=O)CC(C)(C)N)no1. The number of nitrogens with one attached hydrogen (secondary N) is 1. The highest BCUT2D eigenvalue weighted by atomic mass is 16.5. The van der Waals surface area contributed by atoms with E-state index >= 15 is 0 Å². The van der Waals surface area contributed by atoms with Gasteiger partial charge in [-0.3, -0.25) is 4.79 Å². The minimum absolute atomic E-state index is 0.161. The van der Waals surface area contributed by atoms with Crippen LogP contribution >= 0.6 is 0 Å². The Labute approximate surface area is 82.6 Å². The van der Waals surface area contributed by atoms with E-state index in [2.05, 4.69) is 10.5 Å². The highest BCUT2D eigenvalue weighted by Gasteiger charge is 2.17. The van der Waals surface area contributed by atoms with Crippen LogP contribution in [-0.2, 0) is 4.79 Å². The van der Waals surface area contributed by atoms with Crippen molar-refractivity contribution < 1.29 is 9.32 Å². The van der Waals surface area contributed by atoms with Crippen molar-refractivity contribution in [2.75, 3.05) is 5.32 Å². The quantitative estimate of drug-likeness (QED) is 0.758. The summed E-state index contributed by atoms with van der Waals surface area (Å²) in [6.45, 7) is 5.34. The Morgan fingerprint density at radius 2 is 2.36 bits per heavy atom. The third kappa shape index (κ3) is 3.57. The first-order valence-corrected chi connectivity index (χ1v) is 4.39. The molecule has 5 heteroatoms. The molecule has 0 aliphatic rings. The highest BCUT2D eigenvalue weighted by Crippen LogP contribution is 2.09. The standard InChI is InChI=1S/C9H15N3O2/c1-6-4-7(12-14-6)11-8(13)5-9(2,3)10/h4H,5,10H2,1-3H3,(H,11,12,13). The Morgan fingerprint density at radius 3 is 2.79 bits per heavy atom. The van der Waals surface area contributed by atoms with Crippen LogP contribution < -0.4 is 11.1 Å². The Hall–Kier alpha value is -1.36. The molecule has 5 nitrogen and oxygen atoms in total. The summed E-state index contributed by atoms with van der Waals surface area (Å²) in [7, 11) is 0. The summed E-state index contributed by atoms with van der Waals surface area (Å²) in [5.74, 6) is 0.926. The summed E-state index contributed by atoms with van der Waals surface area (Å²) in [4.78, 5) is 11.4. The molecular weight excluding hydrogens is 182 g/mol. The van der Waals surface area contributed by atoms with Crippen LogP contribution in [0.3, 0.4) is 0 Å². The Balaban J connectivity index is 2.50. The molecule has 14 heavy (non-hydrogen) atoms. The molecule has 0 unspecified atom stereocenters. The number of aryl methyl sites for hydroxylation is 1. The topological polar surface area (TPSA) is 81.2 Å². The fourth-order valence-corrected chi connectivity index (χ4v) is 1.03. The highest BCUT2D eigenvalue weighted by molar-refractivity contribution is 5.90. The maximum absolute atomic E-state index is 11.4. The van der Waals surface area contributed by atoms with E-state index in [-0.39, 0.29) is 12.3 Å². The van der Waals surface area contributed by atoms with Crippen LogP contribution in [0.2, 0.25) is 0 Å². The van der Waals surface area contributed by atoms with Crippen molar-refractivity contribution in [1.29, 1.82) is 0 Å². The van der Waals surface area contributed by atoms with Crippen LogP contribution in [0, 0.1) is 6.92 Å². The number of carbonyl (C=O) groups is 1. The predicted octanol–water partition coefficient (Wildman–Crippen LogP) is 1.05. The van der Waals surface area contributed by atoms with E-state index in [4.69, 9.17) is 10.3 Å². The zero-order chi connectivity index (χ0) is 10.8. The van der Waals surface area contributed by atoms with E-state index < -0.39 is 5.54 Å². The van der Waals surface area contributed by atoms with Gasteiger partial charge in [-0.25, -0.2) is 0 Å². The number of aromatic nitrogens is 1. The van der Waals surface area contributed by atoms with Gasteiger partial charge < -0.3 is 15.6 Å². The summed E-state index contributed by atoms with van der Waals surface area (Å²) in [5.41, 5.74) is 5.18. The Bertz CT molecular complexity index is 325. The summed E-state index contributed by atoms with van der Waals surface area (Å²) in [5, 5.41) is 6.23. The lowest BCUT2D eigenvalue weighted by atomic mass is 10.0. The number of amides is 1. The van der Waals surface area contributed by atoms with Crippen molar-refractivity contribution in [3.05, 3.63) is 11.8 Å². The molecule has 0 saturated heterocycles. The number of carbonyl (C=O) groups excluding carboxylic acids is 1. The van der Waals surface area contributed by atoms with Crippen LogP contribution in [0.4, 0.5) is 5.82 Å². The molecule has 0 radical (unpaired) electrons. The van der Waals surface area contributed by atoms with Crippen LogP contribution in [0.15, 0.2) is 10.6 Å². The first kappa shape index (κ1) is 10.7. The van der Waals surface area contributed by atoms with Crippen LogP contribution in [0.5, 0.6) is 0 Å². The molecule has 1 heterocycles. The summed E-state index contributed by atoms with van der Waals surface area (Å²) in [6, 6.07) is 1.65. The lowest BCUT2D eigenvalue weighted by Gasteiger charge is -2.16. The molecule has 0 bridgehead atoms. The molecule has 0 aromatic carbocycles. The first-order chi connectivity index (χ1) is 6.37. The van der Waals surface area contributed by atoms with Crippen molar-refractivity contribution in [3.8, 4) is 0 Å². The van der Waals surface area contributed by atoms with Gasteiger partial charge in [0.25, 0.3) is 0 Å². The van der Waals surface area contributed by atoms with Crippen LogP contribution in [0.25, 0.3) is 0 Å². The average Bonchev–Trinajstić information content (AvgIpc) is 2.30. The predicted molar refractivity (Wildman–Crippen MR) is 52.8 cm³/mol. The number of nitrogens with two attached hydrogens (primary N) is 1. The summed E-state index contributed by atoms with van der Waals surface area (Å²) in [6.07, 6.45) is 0.249. The van der Waals surface area contributed by atoms with E-state index in [1.807, 2.05) is 0 Å². The normalized spacial score (nSPS) is 11.4. The second-order valence-electron chi connectivity index (χ2n) is 4.04. The number of rotatable bonds is 3. The van der Waals surface area contributed by atoms with Gasteiger partial charge >= 0.3 is 0 Å². The molecule has 1 aromatic heterocycles. The summed E-state index contributed by atoms with van der Waals surface area (Å²) >= 11 is 0. The minimum Gasteiger partial charge on any atom is -0.360 e. The zero-order valence-electron chi connectivity index (χ0n) is 8.63. The second-order valence-corrected chi connectivity index (χ2v) is 4.04. The number of anilines is 1. The van der Waals surface area contributed by atoms with E-state index in [1.165, 1.54) is 0 Å². The molecule has 0 aliphatic carbocycles. The van der Waals surface area contributed by atoms with Crippen molar-refractivity contribution in [2.24, 2.45) is 5.73 Å². The van der Waals surface area contributed by atoms with Gasteiger partial charge in [0.2, 0.25) is 5.91 Å². The van der Waals surface area contributed by atoms with Gasteiger partial charge in [-0.15, -0.1) is 0 Å².